The molecule has 4 rings (SSSR count). The van der Waals surface area contributed by atoms with Gasteiger partial charge in [-0.15, -0.1) is 0 Å². The molecular weight excluding hydrogens is 374 g/mol. The molecule has 0 unspecified atom stereocenters. The first kappa shape index (κ1) is 19.4. The predicted octanol–water partition coefficient (Wildman–Crippen LogP) is 2.64. The quantitative estimate of drug-likeness (QED) is 0.727. The summed E-state index contributed by atoms with van der Waals surface area (Å²) in [5.74, 6) is 0.898. The first-order valence-electron chi connectivity index (χ1n) is 10.1. The van der Waals surface area contributed by atoms with Crippen molar-refractivity contribution in [2.24, 2.45) is 17.8 Å². The highest BCUT2D eigenvalue weighted by atomic mass is 16.5. The van der Waals surface area contributed by atoms with E-state index in [0.29, 0.717) is 43.8 Å². The molecule has 1 saturated carbocycles. The molecule has 1 amide bonds. The molecule has 154 valence electrons. The predicted molar refractivity (Wildman–Crippen MR) is 103 cm³/mol. The molecule has 1 N–H and O–H groups in total. The third kappa shape index (κ3) is 4.41. The number of hydrogen-bond donors (Lipinski definition) is 1. The average molecular weight is 399 g/mol. The zero-order chi connectivity index (χ0) is 20.4. The number of aryl methyl sites for hydroxylation is 1. The molecule has 1 aromatic heterocycles. The molecule has 0 spiro atoms. The standard InChI is InChI=1S/C21H25N3O5/c1-2-28-15-7-5-14(6-8-15)20-22-18(29-23-20)9-10-19(25)24-11-16(13-3-4-13)17(12-24)21(26)27/h5-8,13,16-17H,2-4,9-12H2,1H3,(H,26,27)/t16-,17+/m1/s1. The van der Waals surface area contributed by atoms with E-state index in [4.69, 9.17) is 9.26 Å². The van der Waals surface area contributed by atoms with Crippen molar-refractivity contribution in [1.29, 1.82) is 0 Å². The summed E-state index contributed by atoms with van der Waals surface area (Å²) in [5, 5.41) is 13.4. The van der Waals surface area contributed by atoms with Crippen LogP contribution >= 0.6 is 0 Å². The van der Waals surface area contributed by atoms with Crippen LogP contribution in [0.4, 0.5) is 0 Å². The van der Waals surface area contributed by atoms with Crippen LogP contribution in [-0.2, 0) is 16.0 Å². The van der Waals surface area contributed by atoms with Crippen molar-refractivity contribution in [1.82, 2.24) is 15.0 Å². The van der Waals surface area contributed by atoms with Crippen molar-refractivity contribution >= 4 is 11.9 Å². The normalized spacial score (nSPS) is 21.3. The average Bonchev–Trinajstić information content (AvgIpc) is 3.27. The number of carboxylic acid groups (broad SMARTS) is 1. The molecule has 1 aliphatic heterocycles. The number of ether oxygens (including phenoxy) is 1. The Morgan fingerprint density at radius 1 is 1.24 bits per heavy atom. The van der Waals surface area contributed by atoms with Gasteiger partial charge in [-0.2, -0.15) is 4.98 Å². The number of benzene rings is 1. The minimum absolute atomic E-state index is 0.0554. The van der Waals surface area contributed by atoms with E-state index in [1.807, 2.05) is 31.2 Å². The summed E-state index contributed by atoms with van der Waals surface area (Å²) in [5.41, 5.74) is 0.811. The molecule has 2 fully saturated rings. The highest BCUT2D eigenvalue weighted by molar-refractivity contribution is 5.79. The zero-order valence-corrected chi connectivity index (χ0v) is 16.4. The van der Waals surface area contributed by atoms with Crippen molar-refractivity contribution < 1.29 is 24.0 Å². The van der Waals surface area contributed by atoms with Crippen molar-refractivity contribution in [2.75, 3.05) is 19.7 Å². The Labute approximate surface area is 168 Å². The third-order valence-corrected chi connectivity index (χ3v) is 5.71. The van der Waals surface area contributed by atoms with E-state index in [9.17, 15) is 14.7 Å². The van der Waals surface area contributed by atoms with Gasteiger partial charge in [0.05, 0.1) is 12.5 Å². The van der Waals surface area contributed by atoms with Gasteiger partial charge in [0.15, 0.2) is 0 Å². The fourth-order valence-corrected chi connectivity index (χ4v) is 4.01. The number of amides is 1. The van der Waals surface area contributed by atoms with Crippen LogP contribution in [0.1, 0.15) is 32.1 Å². The van der Waals surface area contributed by atoms with E-state index in [0.717, 1.165) is 24.2 Å². The summed E-state index contributed by atoms with van der Waals surface area (Å²) in [7, 11) is 0. The fraction of sp³-hybridized carbons (Fsp3) is 0.524. The van der Waals surface area contributed by atoms with Gasteiger partial charge in [-0.05, 0) is 55.9 Å². The smallest absolute Gasteiger partial charge is 0.308 e. The van der Waals surface area contributed by atoms with E-state index in [2.05, 4.69) is 10.1 Å². The Balaban J connectivity index is 1.32. The minimum atomic E-state index is -0.797. The minimum Gasteiger partial charge on any atom is -0.494 e. The van der Waals surface area contributed by atoms with E-state index in [1.165, 1.54) is 0 Å². The monoisotopic (exact) mass is 399 g/mol. The Bertz CT molecular complexity index is 875. The maximum atomic E-state index is 12.6. The van der Waals surface area contributed by atoms with Crippen LogP contribution in [0.15, 0.2) is 28.8 Å². The van der Waals surface area contributed by atoms with Crippen LogP contribution < -0.4 is 4.74 Å². The van der Waals surface area contributed by atoms with Crippen molar-refractivity contribution in [3.63, 3.8) is 0 Å². The molecule has 0 bridgehead atoms. The van der Waals surface area contributed by atoms with E-state index in [-0.39, 0.29) is 18.2 Å². The second-order valence-electron chi connectivity index (χ2n) is 7.71. The van der Waals surface area contributed by atoms with Gasteiger partial charge in [-0.25, -0.2) is 0 Å². The van der Waals surface area contributed by atoms with E-state index in [1.54, 1.807) is 4.90 Å². The second-order valence-corrected chi connectivity index (χ2v) is 7.71. The molecule has 29 heavy (non-hydrogen) atoms. The lowest BCUT2D eigenvalue weighted by molar-refractivity contribution is -0.142. The molecular formula is C21H25N3O5. The molecule has 1 saturated heterocycles. The number of aromatic nitrogens is 2. The lowest BCUT2D eigenvalue weighted by Crippen LogP contribution is -2.30. The van der Waals surface area contributed by atoms with Gasteiger partial charge in [0.2, 0.25) is 17.6 Å². The van der Waals surface area contributed by atoms with Crippen molar-refractivity contribution in [3.05, 3.63) is 30.2 Å². The number of carboxylic acids is 1. The number of rotatable bonds is 8. The molecule has 2 aliphatic rings. The highest BCUT2D eigenvalue weighted by Crippen LogP contribution is 2.44. The summed E-state index contributed by atoms with van der Waals surface area (Å²) in [6.07, 6.45) is 2.72. The van der Waals surface area contributed by atoms with Crippen LogP contribution in [0.3, 0.4) is 0 Å². The maximum absolute atomic E-state index is 12.6. The zero-order valence-electron chi connectivity index (χ0n) is 16.4. The van der Waals surface area contributed by atoms with E-state index < -0.39 is 11.9 Å². The number of carbonyl (C=O) groups excluding carboxylic acids is 1. The first-order chi connectivity index (χ1) is 14.0. The second kappa shape index (κ2) is 8.23. The maximum Gasteiger partial charge on any atom is 0.308 e. The Kier molecular flexibility index (Phi) is 5.51. The number of likely N-dealkylation sites (tertiary alicyclic amines) is 1. The van der Waals surface area contributed by atoms with Crippen LogP contribution in [0, 0.1) is 17.8 Å². The largest absolute Gasteiger partial charge is 0.494 e. The van der Waals surface area contributed by atoms with Gasteiger partial charge in [0.1, 0.15) is 5.75 Å². The molecule has 8 nitrogen and oxygen atoms in total. The fourth-order valence-electron chi connectivity index (χ4n) is 4.01. The SMILES string of the molecule is CCOc1ccc(-c2noc(CCC(=O)N3C[C@H](C(=O)O)[C@@H](C4CC4)C3)n2)cc1. The van der Waals surface area contributed by atoms with Gasteiger partial charge >= 0.3 is 5.97 Å². The molecule has 2 atom stereocenters. The van der Waals surface area contributed by atoms with Gasteiger partial charge in [0, 0.05) is 31.5 Å². The first-order valence-corrected chi connectivity index (χ1v) is 10.1. The van der Waals surface area contributed by atoms with Crippen molar-refractivity contribution in [3.8, 4) is 17.1 Å². The van der Waals surface area contributed by atoms with Gasteiger partial charge in [0.25, 0.3) is 0 Å². The Hall–Kier alpha value is -2.90. The number of carbonyl (C=O) groups is 2. The Morgan fingerprint density at radius 2 is 2.00 bits per heavy atom. The molecule has 1 aromatic carbocycles. The highest BCUT2D eigenvalue weighted by Gasteiger charge is 2.46. The van der Waals surface area contributed by atoms with Gasteiger partial charge in [-0.3, -0.25) is 9.59 Å². The molecule has 0 radical (unpaired) electrons. The summed E-state index contributed by atoms with van der Waals surface area (Å²) < 4.78 is 10.7. The Morgan fingerprint density at radius 3 is 2.66 bits per heavy atom. The van der Waals surface area contributed by atoms with Crippen LogP contribution in [0.5, 0.6) is 5.75 Å². The summed E-state index contributed by atoms with van der Waals surface area (Å²) in [4.78, 5) is 30.1. The summed E-state index contributed by atoms with van der Waals surface area (Å²) in [6.45, 7) is 3.38. The molecule has 2 heterocycles. The van der Waals surface area contributed by atoms with Crippen LogP contribution in [0.2, 0.25) is 0 Å². The van der Waals surface area contributed by atoms with Crippen LogP contribution in [-0.4, -0.2) is 51.7 Å². The number of nitrogens with zero attached hydrogens (tertiary/aromatic N) is 3. The summed E-state index contributed by atoms with van der Waals surface area (Å²) in [6, 6.07) is 7.42. The lowest BCUT2D eigenvalue weighted by atomic mass is 9.92. The molecule has 1 aliphatic carbocycles. The van der Waals surface area contributed by atoms with E-state index >= 15 is 0 Å². The van der Waals surface area contributed by atoms with Gasteiger partial charge in [-0.1, -0.05) is 5.16 Å². The van der Waals surface area contributed by atoms with Crippen molar-refractivity contribution in [2.45, 2.75) is 32.6 Å². The van der Waals surface area contributed by atoms with Crippen LogP contribution in [0.25, 0.3) is 11.4 Å². The molecule has 2 aromatic rings. The van der Waals surface area contributed by atoms with Gasteiger partial charge < -0.3 is 19.3 Å². The summed E-state index contributed by atoms with van der Waals surface area (Å²) >= 11 is 0. The molecule has 8 heteroatoms. The lowest BCUT2D eigenvalue weighted by Gasteiger charge is -2.15. The number of aliphatic carboxylic acids is 1. The topological polar surface area (TPSA) is 106 Å². The number of hydrogen-bond acceptors (Lipinski definition) is 6. The third-order valence-electron chi connectivity index (χ3n) is 5.71.